The first-order valence-corrected chi connectivity index (χ1v) is 6.81. The summed E-state index contributed by atoms with van der Waals surface area (Å²) in [5, 5.41) is 7.15. The zero-order chi connectivity index (χ0) is 12.9. The summed E-state index contributed by atoms with van der Waals surface area (Å²) in [7, 11) is -3.25. The Hall–Kier alpha value is -1.24. The number of carbonyl (C=O) groups excluding carboxylic acids is 1. The first kappa shape index (κ1) is 13.8. The molecule has 0 radical (unpaired) electrons. The van der Waals surface area contributed by atoms with E-state index in [2.05, 4.69) is 10.3 Å². The van der Waals surface area contributed by atoms with E-state index in [0.717, 1.165) is 0 Å². The predicted molar refractivity (Wildman–Crippen MR) is 59.4 cm³/mol. The lowest BCUT2D eigenvalue weighted by atomic mass is 10.5. The molecule has 0 aliphatic rings. The Balaban J connectivity index is 2.78. The molecule has 0 aliphatic heterocycles. The van der Waals surface area contributed by atoms with Crippen LogP contribution < -0.4 is 5.73 Å². The Morgan fingerprint density at radius 2 is 2.06 bits per heavy atom. The van der Waals surface area contributed by atoms with Gasteiger partial charge in [0.1, 0.15) is 6.29 Å². The second-order valence-corrected chi connectivity index (χ2v) is 5.12. The smallest absolute Gasteiger partial charge is 0.351 e. The maximum atomic E-state index is 12.1. The summed E-state index contributed by atoms with van der Waals surface area (Å²) in [4.78, 5) is 10.8. The number of carbonyl (C=O) groups is 1. The van der Waals surface area contributed by atoms with Crippen molar-refractivity contribution in [2.24, 2.45) is 5.73 Å². The molecule has 0 atom stereocenters. The molecule has 1 heterocycles. The Morgan fingerprint density at radius 3 is 2.47 bits per heavy atom. The lowest BCUT2D eigenvalue weighted by Gasteiger charge is -2.16. The molecule has 1 rings (SSSR count). The van der Waals surface area contributed by atoms with E-state index in [1.165, 1.54) is 10.9 Å². The van der Waals surface area contributed by atoms with Crippen LogP contribution in [-0.4, -0.2) is 34.1 Å². The van der Waals surface area contributed by atoms with E-state index in [0.29, 0.717) is 0 Å². The summed E-state index contributed by atoms with van der Waals surface area (Å²) in [6.45, 7) is 3.94. The Labute approximate surface area is 98.6 Å². The van der Waals surface area contributed by atoms with Gasteiger partial charge in [0.2, 0.25) is 0 Å². The summed E-state index contributed by atoms with van der Waals surface area (Å²) in [5.74, 6) is -0.695. The van der Waals surface area contributed by atoms with Gasteiger partial charge in [-0.25, -0.2) is 4.68 Å². The third-order valence-electron chi connectivity index (χ3n) is 1.76. The van der Waals surface area contributed by atoms with Gasteiger partial charge in [0.15, 0.2) is 5.69 Å². The summed E-state index contributed by atoms with van der Waals surface area (Å²) < 4.78 is 23.5. The van der Waals surface area contributed by atoms with Gasteiger partial charge in [-0.3, -0.25) is 9.36 Å². The first-order valence-electron chi connectivity index (χ1n) is 5.09. The normalized spacial score (nSPS) is 11.6. The maximum Gasteiger partial charge on any atom is 0.351 e. The monoisotopic (exact) mass is 262 g/mol. The van der Waals surface area contributed by atoms with Crippen LogP contribution in [0.1, 0.15) is 24.3 Å². The van der Waals surface area contributed by atoms with Crippen molar-refractivity contribution in [1.29, 1.82) is 0 Å². The highest BCUT2D eigenvalue weighted by molar-refractivity contribution is 7.52. The molecule has 17 heavy (non-hydrogen) atoms. The second kappa shape index (κ2) is 5.90. The van der Waals surface area contributed by atoms with E-state index in [1.807, 2.05) is 0 Å². The summed E-state index contributed by atoms with van der Waals surface area (Å²) >= 11 is 0. The van der Waals surface area contributed by atoms with Crippen molar-refractivity contribution < 1.29 is 18.4 Å². The molecular formula is C8H15N4O4P. The SMILES string of the molecule is CCOP(=O)(Cn1cc(C(N)=O)nn1)OCC. The zero-order valence-electron chi connectivity index (χ0n) is 9.70. The highest BCUT2D eigenvalue weighted by atomic mass is 31.2. The van der Waals surface area contributed by atoms with Crippen molar-refractivity contribution in [3.8, 4) is 0 Å². The van der Waals surface area contributed by atoms with Gasteiger partial charge in [-0.15, -0.1) is 5.10 Å². The molecule has 0 saturated carbocycles. The molecule has 0 aromatic carbocycles. The number of hydrogen-bond donors (Lipinski definition) is 1. The average Bonchev–Trinajstić information content (AvgIpc) is 2.66. The van der Waals surface area contributed by atoms with Gasteiger partial charge in [0.05, 0.1) is 19.4 Å². The lowest BCUT2D eigenvalue weighted by Crippen LogP contribution is -2.11. The summed E-state index contributed by atoms with van der Waals surface area (Å²) in [5.41, 5.74) is 5.03. The highest BCUT2D eigenvalue weighted by Crippen LogP contribution is 2.49. The van der Waals surface area contributed by atoms with Crippen molar-refractivity contribution >= 4 is 13.5 Å². The molecule has 0 saturated heterocycles. The first-order chi connectivity index (χ1) is 8.00. The van der Waals surface area contributed by atoms with Crippen LogP contribution in [0.4, 0.5) is 0 Å². The quantitative estimate of drug-likeness (QED) is 0.720. The summed E-state index contributed by atoms with van der Waals surface area (Å²) in [6, 6.07) is 0. The minimum atomic E-state index is -3.25. The summed E-state index contributed by atoms with van der Waals surface area (Å²) in [6.07, 6.45) is 1.20. The van der Waals surface area contributed by atoms with E-state index in [-0.39, 0.29) is 25.2 Å². The van der Waals surface area contributed by atoms with Crippen LogP contribution in [0.2, 0.25) is 0 Å². The van der Waals surface area contributed by atoms with Crippen LogP contribution in [-0.2, 0) is 19.9 Å². The van der Waals surface area contributed by atoms with Crippen LogP contribution in [0.5, 0.6) is 0 Å². The molecule has 0 bridgehead atoms. The predicted octanol–water partition coefficient (Wildman–Crippen LogP) is 0.601. The zero-order valence-corrected chi connectivity index (χ0v) is 10.6. The van der Waals surface area contributed by atoms with Crippen LogP contribution in [0.25, 0.3) is 0 Å². The van der Waals surface area contributed by atoms with E-state index in [1.54, 1.807) is 13.8 Å². The second-order valence-electron chi connectivity index (χ2n) is 3.10. The third-order valence-corrected chi connectivity index (χ3v) is 3.70. The van der Waals surface area contributed by atoms with Crippen molar-refractivity contribution in [2.45, 2.75) is 20.1 Å². The van der Waals surface area contributed by atoms with Gasteiger partial charge in [0.25, 0.3) is 5.91 Å². The van der Waals surface area contributed by atoms with E-state index in [4.69, 9.17) is 14.8 Å². The average molecular weight is 262 g/mol. The minimum Gasteiger partial charge on any atom is -0.364 e. The van der Waals surface area contributed by atoms with Gasteiger partial charge in [0, 0.05) is 0 Å². The van der Waals surface area contributed by atoms with E-state index < -0.39 is 13.5 Å². The minimum absolute atomic E-state index is 0.00421. The molecule has 0 fully saturated rings. The van der Waals surface area contributed by atoms with Crippen molar-refractivity contribution in [1.82, 2.24) is 15.0 Å². The van der Waals surface area contributed by atoms with Gasteiger partial charge < -0.3 is 14.8 Å². The Kier molecular flexibility index (Phi) is 4.80. The molecule has 0 spiro atoms. The highest BCUT2D eigenvalue weighted by Gasteiger charge is 2.25. The fourth-order valence-corrected chi connectivity index (χ4v) is 2.69. The molecule has 9 heteroatoms. The van der Waals surface area contributed by atoms with Crippen LogP contribution in [0.15, 0.2) is 6.20 Å². The number of amides is 1. The molecule has 1 aromatic rings. The van der Waals surface area contributed by atoms with Crippen LogP contribution >= 0.6 is 7.60 Å². The van der Waals surface area contributed by atoms with Gasteiger partial charge in [-0.1, -0.05) is 5.21 Å². The van der Waals surface area contributed by atoms with Gasteiger partial charge in [-0.2, -0.15) is 0 Å². The van der Waals surface area contributed by atoms with Crippen molar-refractivity contribution in [3.05, 3.63) is 11.9 Å². The fourth-order valence-electron chi connectivity index (χ4n) is 1.17. The number of nitrogens with zero attached hydrogens (tertiary/aromatic N) is 3. The Bertz CT molecular complexity index is 423. The topological polar surface area (TPSA) is 109 Å². The van der Waals surface area contributed by atoms with Crippen LogP contribution in [0, 0.1) is 0 Å². The largest absolute Gasteiger partial charge is 0.364 e. The molecule has 1 amide bonds. The van der Waals surface area contributed by atoms with E-state index >= 15 is 0 Å². The van der Waals surface area contributed by atoms with Gasteiger partial charge >= 0.3 is 7.60 Å². The van der Waals surface area contributed by atoms with Gasteiger partial charge in [-0.05, 0) is 13.8 Å². The number of primary amides is 1. The third kappa shape index (κ3) is 3.92. The lowest BCUT2D eigenvalue weighted by molar-refractivity contribution is 0.0995. The molecule has 0 unspecified atom stereocenters. The number of rotatable bonds is 7. The number of nitrogens with two attached hydrogens (primary N) is 1. The van der Waals surface area contributed by atoms with Crippen molar-refractivity contribution in [2.75, 3.05) is 13.2 Å². The van der Waals surface area contributed by atoms with Crippen molar-refractivity contribution in [3.63, 3.8) is 0 Å². The molecule has 96 valence electrons. The fraction of sp³-hybridized carbons (Fsp3) is 0.625. The molecule has 0 aliphatic carbocycles. The van der Waals surface area contributed by atoms with Crippen LogP contribution in [0.3, 0.4) is 0 Å². The number of aromatic nitrogens is 3. The molecule has 8 nitrogen and oxygen atoms in total. The van der Waals surface area contributed by atoms with E-state index in [9.17, 15) is 9.36 Å². The molecule has 1 aromatic heterocycles. The molecule has 2 N–H and O–H groups in total. The standard InChI is InChI=1S/C8H15N4O4P/c1-3-15-17(14,16-4-2)6-12-5-7(8(9)13)10-11-12/h5H,3-4,6H2,1-2H3,(H2,9,13). The Morgan fingerprint density at radius 1 is 1.47 bits per heavy atom. The molecular weight excluding hydrogens is 247 g/mol. The number of hydrogen-bond acceptors (Lipinski definition) is 6. The maximum absolute atomic E-state index is 12.1.